The SMILES string of the molecule is CCN(C1CCNCC1)C1CCSCC1. The maximum atomic E-state index is 3.47. The highest BCUT2D eigenvalue weighted by molar-refractivity contribution is 7.99. The molecule has 0 atom stereocenters. The molecule has 2 rings (SSSR count). The van der Waals surface area contributed by atoms with Gasteiger partial charge in [0.25, 0.3) is 0 Å². The minimum Gasteiger partial charge on any atom is -0.317 e. The molecule has 15 heavy (non-hydrogen) atoms. The molecule has 0 aliphatic carbocycles. The Hall–Kier alpha value is 0.270. The van der Waals surface area contributed by atoms with Crippen LogP contribution in [0.1, 0.15) is 32.6 Å². The van der Waals surface area contributed by atoms with Crippen LogP contribution in [0.25, 0.3) is 0 Å². The molecule has 3 heteroatoms. The third kappa shape index (κ3) is 3.11. The molecule has 88 valence electrons. The van der Waals surface area contributed by atoms with Gasteiger partial charge in [-0.05, 0) is 56.8 Å². The zero-order valence-corrected chi connectivity index (χ0v) is 10.7. The predicted octanol–water partition coefficient (Wildman–Crippen LogP) is 1.96. The molecule has 0 aromatic heterocycles. The van der Waals surface area contributed by atoms with Gasteiger partial charge in [0.15, 0.2) is 0 Å². The summed E-state index contributed by atoms with van der Waals surface area (Å²) in [5.74, 6) is 2.76. The van der Waals surface area contributed by atoms with E-state index in [2.05, 4.69) is 28.9 Å². The van der Waals surface area contributed by atoms with E-state index in [1.807, 2.05) is 0 Å². The lowest BCUT2D eigenvalue weighted by Crippen LogP contribution is -2.49. The monoisotopic (exact) mass is 228 g/mol. The highest BCUT2D eigenvalue weighted by atomic mass is 32.2. The first-order valence-corrected chi connectivity index (χ1v) is 7.61. The number of hydrogen-bond donors (Lipinski definition) is 1. The topological polar surface area (TPSA) is 15.3 Å². The Morgan fingerprint density at radius 2 is 1.67 bits per heavy atom. The third-order valence-corrected chi connectivity index (χ3v) is 4.85. The summed E-state index contributed by atoms with van der Waals surface area (Å²) in [4.78, 5) is 2.79. The highest BCUT2D eigenvalue weighted by Gasteiger charge is 2.27. The molecule has 2 heterocycles. The summed E-state index contributed by atoms with van der Waals surface area (Å²) in [6.45, 7) is 6.04. The Kier molecular flexibility index (Phi) is 4.79. The smallest absolute Gasteiger partial charge is 0.0122 e. The van der Waals surface area contributed by atoms with E-state index in [-0.39, 0.29) is 0 Å². The number of thioether (sulfide) groups is 1. The average molecular weight is 228 g/mol. The van der Waals surface area contributed by atoms with Gasteiger partial charge >= 0.3 is 0 Å². The van der Waals surface area contributed by atoms with Crippen LogP contribution in [-0.4, -0.2) is 48.1 Å². The van der Waals surface area contributed by atoms with Crippen LogP contribution in [0.3, 0.4) is 0 Å². The molecule has 0 unspecified atom stereocenters. The molecule has 2 aliphatic heterocycles. The van der Waals surface area contributed by atoms with E-state index < -0.39 is 0 Å². The Morgan fingerprint density at radius 3 is 2.27 bits per heavy atom. The largest absolute Gasteiger partial charge is 0.317 e. The van der Waals surface area contributed by atoms with E-state index in [0.29, 0.717) is 0 Å². The van der Waals surface area contributed by atoms with Crippen molar-refractivity contribution in [3.8, 4) is 0 Å². The number of piperidine rings is 1. The zero-order valence-electron chi connectivity index (χ0n) is 9.87. The molecule has 0 spiro atoms. The van der Waals surface area contributed by atoms with E-state index in [1.54, 1.807) is 0 Å². The molecule has 1 N–H and O–H groups in total. The van der Waals surface area contributed by atoms with Crippen molar-refractivity contribution in [1.29, 1.82) is 0 Å². The first-order chi connectivity index (χ1) is 7.42. The highest BCUT2D eigenvalue weighted by Crippen LogP contribution is 2.25. The molecule has 0 aromatic carbocycles. The normalized spacial score (nSPS) is 26.0. The van der Waals surface area contributed by atoms with E-state index in [0.717, 1.165) is 12.1 Å². The number of hydrogen-bond acceptors (Lipinski definition) is 3. The second kappa shape index (κ2) is 6.12. The van der Waals surface area contributed by atoms with Crippen LogP contribution in [0.15, 0.2) is 0 Å². The van der Waals surface area contributed by atoms with Gasteiger partial charge in [-0.3, -0.25) is 4.90 Å². The molecular formula is C12H24N2S. The van der Waals surface area contributed by atoms with Gasteiger partial charge in [-0.25, -0.2) is 0 Å². The lowest BCUT2D eigenvalue weighted by Gasteiger charge is -2.41. The van der Waals surface area contributed by atoms with Crippen molar-refractivity contribution in [3.63, 3.8) is 0 Å². The van der Waals surface area contributed by atoms with Gasteiger partial charge in [0.2, 0.25) is 0 Å². The minimum absolute atomic E-state index is 0.865. The summed E-state index contributed by atoms with van der Waals surface area (Å²) in [7, 11) is 0. The quantitative estimate of drug-likeness (QED) is 0.795. The number of nitrogens with one attached hydrogen (secondary N) is 1. The fourth-order valence-electron chi connectivity index (χ4n) is 2.97. The summed E-state index contributed by atoms with van der Waals surface area (Å²) in [6.07, 6.45) is 5.56. The molecule has 0 saturated carbocycles. The first-order valence-electron chi connectivity index (χ1n) is 6.46. The summed E-state index contributed by atoms with van der Waals surface area (Å²) in [5, 5.41) is 3.47. The molecular weight excluding hydrogens is 204 g/mol. The van der Waals surface area contributed by atoms with Crippen molar-refractivity contribution in [2.45, 2.75) is 44.7 Å². The van der Waals surface area contributed by atoms with E-state index >= 15 is 0 Å². The maximum absolute atomic E-state index is 3.47. The summed E-state index contributed by atoms with van der Waals surface area (Å²) in [6, 6.07) is 1.75. The van der Waals surface area contributed by atoms with Crippen LogP contribution in [-0.2, 0) is 0 Å². The Labute approximate surface area is 98.2 Å². The van der Waals surface area contributed by atoms with Crippen LogP contribution in [0, 0.1) is 0 Å². The fraction of sp³-hybridized carbons (Fsp3) is 1.00. The van der Waals surface area contributed by atoms with Gasteiger partial charge in [0.05, 0.1) is 0 Å². The average Bonchev–Trinajstić information content (AvgIpc) is 2.33. The molecule has 0 bridgehead atoms. The van der Waals surface area contributed by atoms with E-state index in [1.165, 1.54) is 56.8 Å². The van der Waals surface area contributed by atoms with Crippen molar-refractivity contribution in [3.05, 3.63) is 0 Å². The van der Waals surface area contributed by atoms with Gasteiger partial charge in [-0.2, -0.15) is 11.8 Å². The van der Waals surface area contributed by atoms with Crippen molar-refractivity contribution < 1.29 is 0 Å². The van der Waals surface area contributed by atoms with Gasteiger partial charge in [0.1, 0.15) is 0 Å². The van der Waals surface area contributed by atoms with Crippen molar-refractivity contribution >= 4 is 11.8 Å². The van der Waals surface area contributed by atoms with Crippen LogP contribution in [0.2, 0.25) is 0 Å². The summed E-state index contributed by atoms with van der Waals surface area (Å²) < 4.78 is 0. The third-order valence-electron chi connectivity index (χ3n) is 3.80. The molecule has 0 aromatic rings. The summed E-state index contributed by atoms with van der Waals surface area (Å²) >= 11 is 2.13. The standard InChI is InChI=1S/C12H24N2S/c1-2-14(11-3-7-13-8-4-11)12-5-9-15-10-6-12/h11-13H,2-10H2,1H3. The van der Waals surface area contributed by atoms with E-state index in [9.17, 15) is 0 Å². The lowest BCUT2D eigenvalue weighted by atomic mass is 10.00. The van der Waals surface area contributed by atoms with Crippen LogP contribution in [0.5, 0.6) is 0 Å². The summed E-state index contributed by atoms with van der Waals surface area (Å²) in [5.41, 5.74) is 0. The van der Waals surface area contributed by atoms with Crippen LogP contribution < -0.4 is 5.32 Å². The molecule has 0 amide bonds. The van der Waals surface area contributed by atoms with Crippen molar-refractivity contribution in [1.82, 2.24) is 10.2 Å². The molecule has 2 fully saturated rings. The zero-order chi connectivity index (χ0) is 10.5. The van der Waals surface area contributed by atoms with Gasteiger partial charge in [0, 0.05) is 12.1 Å². The van der Waals surface area contributed by atoms with Gasteiger partial charge in [-0.15, -0.1) is 0 Å². The Morgan fingerprint density at radius 1 is 1.07 bits per heavy atom. The molecule has 2 saturated heterocycles. The molecule has 0 radical (unpaired) electrons. The second-order valence-corrected chi connectivity index (χ2v) is 5.88. The van der Waals surface area contributed by atoms with E-state index in [4.69, 9.17) is 0 Å². The first kappa shape index (κ1) is 11.7. The second-order valence-electron chi connectivity index (χ2n) is 4.66. The van der Waals surface area contributed by atoms with Crippen LogP contribution in [0.4, 0.5) is 0 Å². The minimum atomic E-state index is 0.865. The van der Waals surface area contributed by atoms with Gasteiger partial charge < -0.3 is 5.32 Å². The maximum Gasteiger partial charge on any atom is 0.0122 e. The number of nitrogens with zero attached hydrogens (tertiary/aromatic N) is 1. The van der Waals surface area contributed by atoms with Crippen LogP contribution >= 0.6 is 11.8 Å². The van der Waals surface area contributed by atoms with Crippen molar-refractivity contribution in [2.75, 3.05) is 31.1 Å². The van der Waals surface area contributed by atoms with Crippen molar-refractivity contribution in [2.24, 2.45) is 0 Å². The molecule has 2 nitrogen and oxygen atoms in total. The Bertz CT molecular complexity index is 156. The lowest BCUT2D eigenvalue weighted by molar-refractivity contribution is 0.109. The molecule has 2 aliphatic rings. The Balaban J connectivity index is 1.88. The number of rotatable bonds is 3. The van der Waals surface area contributed by atoms with Gasteiger partial charge in [-0.1, -0.05) is 6.92 Å². The fourth-order valence-corrected chi connectivity index (χ4v) is 4.05. The predicted molar refractivity (Wildman–Crippen MR) is 68.6 cm³/mol.